The van der Waals surface area contributed by atoms with Gasteiger partial charge in [-0.05, 0) is 17.5 Å². The first kappa shape index (κ1) is 12.8. The number of hydrogen-bond donors (Lipinski definition) is 1. The molecule has 0 fully saturated rings. The number of benzene rings is 2. The number of amides is 1. The number of carbonyl (C=O) groups is 1. The number of primary amides is 1. The molecule has 2 rings (SSSR count). The SMILES string of the molecule is NC(=O)c1cc([N+](=O)[O-])ccc1Cc1ccccc1. The van der Waals surface area contributed by atoms with Crippen molar-refractivity contribution in [1.29, 1.82) is 0 Å². The fourth-order valence-corrected chi connectivity index (χ4v) is 1.88. The maximum Gasteiger partial charge on any atom is 0.270 e. The highest BCUT2D eigenvalue weighted by Gasteiger charge is 2.14. The normalized spacial score (nSPS) is 10.1. The summed E-state index contributed by atoms with van der Waals surface area (Å²) in [6, 6.07) is 13.7. The van der Waals surface area contributed by atoms with Crippen LogP contribution in [-0.2, 0) is 6.42 Å². The maximum absolute atomic E-state index is 11.4. The molecule has 96 valence electrons. The van der Waals surface area contributed by atoms with Crippen LogP contribution in [0.2, 0.25) is 0 Å². The second-order valence-corrected chi connectivity index (χ2v) is 4.13. The lowest BCUT2D eigenvalue weighted by atomic mass is 9.99. The molecule has 2 aromatic rings. The second kappa shape index (κ2) is 5.30. The van der Waals surface area contributed by atoms with Crippen molar-refractivity contribution in [2.75, 3.05) is 0 Å². The van der Waals surface area contributed by atoms with Crippen LogP contribution in [0.3, 0.4) is 0 Å². The predicted octanol–water partition coefficient (Wildman–Crippen LogP) is 2.28. The summed E-state index contributed by atoms with van der Waals surface area (Å²) in [7, 11) is 0. The van der Waals surface area contributed by atoms with Gasteiger partial charge in [-0.25, -0.2) is 0 Å². The zero-order chi connectivity index (χ0) is 13.8. The summed E-state index contributed by atoms with van der Waals surface area (Å²) >= 11 is 0. The molecule has 5 heteroatoms. The summed E-state index contributed by atoms with van der Waals surface area (Å²) in [6.45, 7) is 0. The molecule has 0 saturated carbocycles. The van der Waals surface area contributed by atoms with E-state index in [9.17, 15) is 14.9 Å². The van der Waals surface area contributed by atoms with Crippen molar-refractivity contribution < 1.29 is 9.72 Å². The predicted molar refractivity (Wildman–Crippen MR) is 70.9 cm³/mol. The van der Waals surface area contributed by atoms with E-state index in [1.54, 1.807) is 6.07 Å². The van der Waals surface area contributed by atoms with Crippen LogP contribution < -0.4 is 5.73 Å². The van der Waals surface area contributed by atoms with Crippen molar-refractivity contribution in [3.8, 4) is 0 Å². The van der Waals surface area contributed by atoms with Gasteiger partial charge in [-0.2, -0.15) is 0 Å². The van der Waals surface area contributed by atoms with Crippen LogP contribution in [0.1, 0.15) is 21.5 Å². The van der Waals surface area contributed by atoms with E-state index in [1.807, 2.05) is 30.3 Å². The van der Waals surface area contributed by atoms with E-state index >= 15 is 0 Å². The number of rotatable bonds is 4. The van der Waals surface area contributed by atoms with Crippen molar-refractivity contribution in [2.45, 2.75) is 6.42 Å². The van der Waals surface area contributed by atoms with Crippen molar-refractivity contribution >= 4 is 11.6 Å². The largest absolute Gasteiger partial charge is 0.366 e. The molecule has 2 N–H and O–H groups in total. The first-order chi connectivity index (χ1) is 9.08. The topological polar surface area (TPSA) is 86.2 Å². The van der Waals surface area contributed by atoms with Gasteiger partial charge in [0, 0.05) is 17.7 Å². The molecule has 0 bridgehead atoms. The van der Waals surface area contributed by atoms with Crippen LogP contribution in [0.15, 0.2) is 48.5 Å². The van der Waals surface area contributed by atoms with Gasteiger partial charge in [0.1, 0.15) is 0 Å². The van der Waals surface area contributed by atoms with Crippen LogP contribution in [0.5, 0.6) is 0 Å². The number of nitro groups is 1. The summed E-state index contributed by atoms with van der Waals surface area (Å²) < 4.78 is 0. The Morgan fingerprint density at radius 1 is 1.16 bits per heavy atom. The zero-order valence-electron chi connectivity index (χ0n) is 10.1. The molecule has 0 heterocycles. The highest BCUT2D eigenvalue weighted by atomic mass is 16.6. The standard InChI is InChI=1S/C14H12N2O3/c15-14(17)13-9-12(16(18)19)7-6-11(13)8-10-4-2-1-3-5-10/h1-7,9H,8H2,(H2,15,17). The fourth-order valence-electron chi connectivity index (χ4n) is 1.88. The molecular formula is C14H12N2O3. The summed E-state index contributed by atoms with van der Waals surface area (Å²) in [5.74, 6) is -0.658. The lowest BCUT2D eigenvalue weighted by Gasteiger charge is -2.06. The third-order valence-electron chi connectivity index (χ3n) is 2.81. The van der Waals surface area contributed by atoms with E-state index in [4.69, 9.17) is 5.73 Å². The average Bonchev–Trinajstić information content (AvgIpc) is 2.39. The molecule has 0 unspecified atom stereocenters. The summed E-state index contributed by atoms with van der Waals surface area (Å²) in [6.07, 6.45) is 0.511. The lowest BCUT2D eigenvalue weighted by Crippen LogP contribution is -2.14. The van der Waals surface area contributed by atoms with Crippen molar-refractivity contribution in [3.63, 3.8) is 0 Å². The molecule has 0 aliphatic carbocycles. The van der Waals surface area contributed by atoms with Crippen molar-refractivity contribution in [3.05, 3.63) is 75.3 Å². The van der Waals surface area contributed by atoms with Crippen LogP contribution in [0, 0.1) is 10.1 Å². The molecule has 0 aliphatic rings. The molecule has 0 aliphatic heterocycles. The van der Waals surface area contributed by atoms with Crippen LogP contribution >= 0.6 is 0 Å². The zero-order valence-corrected chi connectivity index (χ0v) is 10.1. The Kier molecular flexibility index (Phi) is 3.56. The van der Waals surface area contributed by atoms with Gasteiger partial charge in [0.05, 0.1) is 4.92 Å². The number of nitrogens with zero attached hydrogens (tertiary/aromatic N) is 1. The van der Waals surface area contributed by atoms with Gasteiger partial charge in [-0.1, -0.05) is 36.4 Å². The van der Waals surface area contributed by atoms with Crippen molar-refractivity contribution in [2.24, 2.45) is 5.73 Å². The molecule has 19 heavy (non-hydrogen) atoms. The molecule has 0 aromatic heterocycles. The van der Waals surface area contributed by atoms with Crippen LogP contribution in [0.25, 0.3) is 0 Å². The number of hydrogen-bond acceptors (Lipinski definition) is 3. The Morgan fingerprint density at radius 2 is 1.84 bits per heavy atom. The summed E-state index contributed by atoms with van der Waals surface area (Å²) in [5.41, 5.74) is 7.03. The third-order valence-corrected chi connectivity index (χ3v) is 2.81. The monoisotopic (exact) mass is 256 g/mol. The Bertz CT molecular complexity index is 624. The van der Waals surface area contributed by atoms with Crippen LogP contribution in [0.4, 0.5) is 5.69 Å². The Hall–Kier alpha value is -2.69. The fraction of sp³-hybridized carbons (Fsp3) is 0.0714. The Morgan fingerprint density at radius 3 is 2.42 bits per heavy atom. The smallest absolute Gasteiger partial charge is 0.270 e. The van der Waals surface area contributed by atoms with Gasteiger partial charge in [-0.15, -0.1) is 0 Å². The first-order valence-corrected chi connectivity index (χ1v) is 5.69. The quantitative estimate of drug-likeness (QED) is 0.672. The Balaban J connectivity index is 2.40. The lowest BCUT2D eigenvalue weighted by molar-refractivity contribution is -0.384. The third kappa shape index (κ3) is 2.95. The molecule has 2 aromatic carbocycles. The van der Waals surface area contributed by atoms with E-state index in [-0.39, 0.29) is 11.3 Å². The van der Waals surface area contributed by atoms with E-state index in [2.05, 4.69) is 0 Å². The van der Waals surface area contributed by atoms with E-state index in [0.717, 1.165) is 5.56 Å². The van der Waals surface area contributed by atoms with Gasteiger partial charge in [-0.3, -0.25) is 14.9 Å². The minimum Gasteiger partial charge on any atom is -0.366 e. The minimum absolute atomic E-state index is 0.134. The number of non-ortho nitro benzene ring substituents is 1. The van der Waals surface area contributed by atoms with Crippen molar-refractivity contribution in [1.82, 2.24) is 0 Å². The van der Waals surface area contributed by atoms with Crippen LogP contribution in [-0.4, -0.2) is 10.8 Å². The summed E-state index contributed by atoms with van der Waals surface area (Å²) in [4.78, 5) is 21.5. The molecule has 0 spiro atoms. The van der Waals surface area contributed by atoms with Gasteiger partial charge in [0.15, 0.2) is 0 Å². The van der Waals surface area contributed by atoms with E-state index < -0.39 is 10.8 Å². The molecule has 5 nitrogen and oxygen atoms in total. The minimum atomic E-state index is -0.658. The molecule has 0 atom stereocenters. The van der Waals surface area contributed by atoms with Gasteiger partial charge in [0.2, 0.25) is 5.91 Å². The molecule has 0 radical (unpaired) electrons. The summed E-state index contributed by atoms with van der Waals surface area (Å²) in [5, 5.41) is 10.7. The first-order valence-electron chi connectivity index (χ1n) is 5.69. The maximum atomic E-state index is 11.4. The average molecular weight is 256 g/mol. The van der Waals surface area contributed by atoms with E-state index in [0.29, 0.717) is 12.0 Å². The Labute approximate surface area is 109 Å². The second-order valence-electron chi connectivity index (χ2n) is 4.13. The number of carbonyl (C=O) groups excluding carboxylic acids is 1. The van der Waals surface area contributed by atoms with E-state index in [1.165, 1.54) is 12.1 Å². The molecule has 1 amide bonds. The number of nitro benzene ring substituents is 1. The molecule has 0 saturated heterocycles. The highest BCUT2D eigenvalue weighted by Crippen LogP contribution is 2.20. The van der Waals surface area contributed by atoms with Gasteiger partial charge in [0.25, 0.3) is 5.69 Å². The molecular weight excluding hydrogens is 244 g/mol. The van der Waals surface area contributed by atoms with Gasteiger partial charge < -0.3 is 5.73 Å². The number of nitrogens with two attached hydrogens (primary N) is 1. The van der Waals surface area contributed by atoms with Gasteiger partial charge >= 0.3 is 0 Å². The highest BCUT2D eigenvalue weighted by molar-refractivity contribution is 5.95.